The van der Waals surface area contributed by atoms with Gasteiger partial charge in [0.25, 0.3) is 5.91 Å². The van der Waals surface area contributed by atoms with Crippen LogP contribution in [0.1, 0.15) is 18.1 Å². The largest absolute Gasteiger partial charge is 0.497 e. The molecule has 0 aliphatic heterocycles. The van der Waals surface area contributed by atoms with Gasteiger partial charge in [0.15, 0.2) is 12.6 Å². The second-order valence-corrected chi connectivity index (χ2v) is 6.12. The van der Waals surface area contributed by atoms with E-state index in [0.717, 1.165) is 36.8 Å². The summed E-state index contributed by atoms with van der Waals surface area (Å²) in [7, 11) is 1.66. The number of nitrogens with zero attached hydrogens (tertiary/aromatic N) is 1. The number of primary amides is 1. The van der Waals surface area contributed by atoms with Crippen LogP contribution in [-0.2, 0) is 17.8 Å². The Labute approximate surface area is 189 Å². The SMILES string of the molecule is CCNC(=NCc1cccc(OCC(N)=O)c1)NCCc1ccc(OC)cc1.I. The molecule has 1 amide bonds. The minimum atomic E-state index is -0.501. The molecule has 2 rings (SSSR count). The molecule has 0 atom stereocenters. The predicted molar refractivity (Wildman–Crippen MR) is 126 cm³/mol. The standard InChI is InChI=1S/C21H28N4O3.HI/c1-3-23-21(24-12-11-16-7-9-18(27-2)10-8-16)25-14-17-5-4-6-19(13-17)28-15-20(22)26;/h4-10,13H,3,11-12,14-15H2,1-2H3,(H2,22,26)(H2,23,24,25);1H. The molecule has 29 heavy (non-hydrogen) atoms. The first-order valence-corrected chi connectivity index (χ1v) is 9.26. The number of amides is 1. The smallest absolute Gasteiger partial charge is 0.255 e. The highest BCUT2D eigenvalue weighted by Gasteiger charge is 2.02. The van der Waals surface area contributed by atoms with Gasteiger partial charge in [0.1, 0.15) is 11.5 Å². The van der Waals surface area contributed by atoms with E-state index in [1.165, 1.54) is 5.56 Å². The fraction of sp³-hybridized carbons (Fsp3) is 0.333. The van der Waals surface area contributed by atoms with Gasteiger partial charge in [-0.1, -0.05) is 24.3 Å². The van der Waals surface area contributed by atoms with Gasteiger partial charge in [-0.2, -0.15) is 0 Å². The van der Waals surface area contributed by atoms with Gasteiger partial charge in [0.2, 0.25) is 0 Å². The first-order valence-electron chi connectivity index (χ1n) is 9.26. The Bertz CT molecular complexity index is 782. The van der Waals surface area contributed by atoms with Crippen LogP contribution in [0.5, 0.6) is 11.5 Å². The fourth-order valence-corrected chi connectivity index (χ4v) is 2.52. The van der Waals surface area contributed by atoms with Crippen molar-refractivity contribution in [2.75, 3.05) is 26.8 Å². The number of benzene rings is 2. The molecule has 0 fully saturated rings. The minimum absolute atomic E-state index is 0. The zero-order chi connectivity index (χ0) is 20.2. The van der Waals surface area contributed by atoms with E-state index >= 15 is 0 Å². The van der Waals surface area contributed by atoms with Gasteiger partial charge in [-0.3, -0.25) is 4.79 Å². The van der Waals surface area contributed by atoms with E-state index in [-0.39, 0.29) is 30.6 Å². The second kappa shape index (κ2) is 13.6. The number of halogens is 1. The molecule has 2 aromatic rings. The molecule has 4 N–H and O–H groups in total. The molecule has 0 unspecified atom stereocenters. The van der Waals surface area contributed by atoms with Crippen LogP contribution in [0, 0.1) is 0 Å². The van der Waals surface area contributed by atoms with Crippen molar-refractivity contribution in [1.82, 2.24) is 10.6 Å². The number of nitrogens with two attached hydrogens (primary N) is 1. The lowest BCUT2D eigenvalue weighted by Crippen LogP contribution is -2.38. The average Bonchev–Trinajstić information content (AvgIpc) is 2.71. The van der Waals surface area contributed by atoms with E-state index in [0.29, 0.717) is 12.3 Å². The molecule has 0 spiro atoms. The number of nitrogens with one attached hydrogen (secondary N) is 2. The summed E-state index contributed by atoms with van der Waals surface area (Å²) in [5, 5.41) is 6.58. The van der Waals surface area contributed by atoms with Crippen LogP contribution < -0.4 is 25.8 Å². The van der Waals surface area contributed by atoms with Crippen molar-refractivity contribution < 1.29 is 14.3 Å². The maximum absolute atomic E-state index is 10.8. The number of methoxy groups -OCH3 is 1. The molecule has 2 aromatic carbocycles. The van der Waals surface area contributed by atoms with Crippen LogP contribution in [-0.4, -0.2) is 38.7 Å². The van der Waals surface area contributed by atoms with Gasteiger partial charge in [-0.15, -0.1) is 24.0 Å². The third-order valence-electron chi connectivity index (χ3n) is 3.91. The first-order chi connectivity index (χ1) is 13.6. The van der Waals surface area contributed by atoms with Crippen molar-refractivity contribution in [2.45, 2.75) is 19.9 Å². The van der Waals surface area contributed by atoms with Gasteiger partial charge < -0.3 is 25.8 Å². The molecule has 0 bridgehead atoms. The molecule has 0 aromatic heterocycles. The van der Waals surface area contributed by atoms with E-state index in [1.54, 1.807) is 13.2 Å². The van der Waals surface area contributed by atoms with Crippen LogP contribution in [0.25, 0.3) is 0 Å². The van der Waals surface area contributed by atoms with Crippen LogP contribution in [0.4, 0.5) is 0 Å². The monoisotopic (exact) mass is 512 g/mol. The zero-order valence-corrected chi connectivity index (χ0v) is 19.1. The van der Waals surface area contributed by atoms with E-state index in [1.807, 2.05) is 37.3 Å². The molecule has 0 aliphatic carbocycles. The summed E-state index contributed by atoms with van der Waals surface area (Å²) in [6.07, 6.45) is 0.880. The van der Waals surface area contributed by atoms with Gasteiger partial charge in [0.05, 0.1) is 13.7 Å². The molecule has 0 heterocycles. The van der Waals surface area contributed by atoms with Crippen LogP contribution in [0.3, 0.4) is 0 Å². The quantitative estimate of drug-likeness (QED) is 0.258. The molecule has 7 nitrogen and oxygen atoms in total. The summed E-state index contributed by atoms with van der Waals surface area (Å²) >= 11 is 0. The zero-order valence-electron chi connectivity index (χ0n) is 16.8. The third kappa shape index (κ3) is 9.51. The number of aliphatic imine (C=N–C) groups is 1. The van der Waals surface area contributed by atoms with Crippen molar-refractivity contribution in [2.24, 2.45) is 10.7 Å². The third-order valence-corrected chi connectivity index (χ3v) is 3.91. The molecule has 0 radical (unpaired) electrons. The summed E-state index contributed by atoms with van der Waals surface area (Å²) in [4.78, 5) is 15.4. The highest BCUT2D eigenvalue weighted by Crippen LogP contribution is 2.14. The van der Waals surface area contributed by atoms with Crippen molar-refractivity contribution in [3.05, 3.63) is 59.7 Å². The molecule has 0 saturated heterocycles. The number of carbonyl (C=O) groups is 1. The number of hydrogen-bond acceptors (Lipinski definition) is 4. The van der Waals surface area contributed by atoms with E-state index < -0.39 is 5.91 Å². The Morgan fingerprint density at radius 2 is 1.83 bits per heavy atom. The normalized spacial score (nSPS) is 10.6. The highest BCUT2D eigenvalue weighted by molar-refractivity contribution is 14.0. The van der Waals surface area contributed by atoms with E-state index in [4.69, 9.17) is 15.2 Å². The van der Waals surface area contributed by atoms with Gasteiger partial charge >= 0.3 is 0 Å². The molecular weight excluding hydrogens is 483 g/mol. The van der Waals surface area contributed by atoms with Crippen LogP contribution >= 0.6 is 24.0 Å². The van der Waals surface area contributed by atoms with Crippen molar-refractivity contribution >= 4 is 35.8 Å². The first kappa shape index (κ1) is 24.5. The number of carbonyl (C=O) groups excluding carboxylic acids is 1. The molecule has 158 valence electrons. The maximum atomic E-state index is 10.8. The Balaban J connectivity index is 0.00000420. The fourth-order valence-electron chi connectivity index (χ4n) is 2.52. The summed E-state index contributed by atoms with van der Waals surface area (Å²) < 4.78 is 10.5. The highest BCUT2D eigenvalue weighted by atomic mass is 127. The van der Waals surface area contributed by atoms with Gasteiger partial charge in [0, 0.05) is 13.1 Å². The molecular formula is C21H29IN4O3. The molecule has 8 heteroatoms. The number of guanidine groups is 1. The second-order valence-electron chi connectivity index (χ2n) is 6.12. The van der Waals surface area contributed by atoms with E-state index in [2.05, 4.69) is 27.8 Å². The van der Waals surface area contributed by atoms with Crippen molar-refractivity contribution in [3.8, 4) is 11.5 Å². The topological polar surface area (TPSA) is 98.0 Å². The lowest BCUT2D eigenvalue weighted by molar-refractivity contribution is -0.119. The number of ether oxygens (including phenoxy) is 2. The summed E-state index contributed by atoms with van der Waals surface area (Å²) in [5.74, 6) is 1.70. The van der Waals surface area contributed by atoms with E-state index in [9.17, 15) is 4.79 Å². The van der Waals surface area contributed by atoms with Crippen molar-refractivity contribution in [1.29, 1.82) is 0 Å². The predicted octanol–water partition coefficient (Wildman–Crippen LogP) is 2.48. The Kier molecular flexibility index (Phi) is 11.6. The number of rotatable bonds is 10. The average molecular weight is 512 g/mol. The summed E-state index contributed by atoms with van der Waals surface area (Å²) in [6.45, 7) is 3.92. The Hall–Kier alpha value is -2.49. The van der Waals surface area contributed by atoms with Crippen LogP contribution in [0.2, 0.25) is 0 Å². The number of hydrogen-bond donors (Lipinski definition) is 3. The Morgan fingerprint density at radius 1 is 1.07 bits per heavy atom. The maximum Gasteiger partial charge on any atom is 0.255 e. The summed E-state index contributed by atoms with van der Waals surface area (Å²) in [5.41, 5.74) is 7.31. The van der Waals surface area contributed by atoms with Gasteiger partial charge in [-0.05, 0) is 48.7 Å². The molecule has 0 aliphatic rings. The summed E-state index contributed by atoms with van der Waals surface area (Å²) in [6, 6.07) is 15.5. The van der Waals surface area contributed by atoms with Gasteiger partial charge in [-0.25, -0.2) is 4.99 Å². The van der Waals surface area contributed by atoms with Crippen LogP contribution in [0.15, 0.2) is 53.5 Å². The lowest BCUT2D eigenvalue weighted by Gasteiger charge is -2.12. The lowest BCUT2D eigenvalue weighted by atomic mass is 10.1. The Morgan fingerprint density at radius 3 is 2.48 bits per heavy atom. The van der Waals surface area contributed by atoms with Crippen molar-refractivity contribution in [3.63, 3.8) is 0 Å². The molecule has 0 saturated carbocycles. The minimum Gasteiger partial charge on any atom is -0.497 e.